The van der Waals surface area contributed by atoms with Gasteiger partial charge in [-0.15, -0.1) is 0 Å². The van der Waals surface area contributed by atoms with Crippen LogP contribution in [0.1, 0.15) is 16.7 Å². The lowest BCUT2D eigenvalue weighted by Gasteiger charge is -2.15. The summed E-state index contributed by atoms with van der Waals surface area (Å²) in [5.41, 5.74) is -10.8. The normalized spacial score (nSPS) is 14.2. The molecule has 0 saturated carbocycles. The van der Waals surface area contributed by atoms with E-state index < -0.39 is 50.1 Å². The van der Waals surface area contributed by atoms with Gasteiger partial charge >= 0.3 is 17.9 Å². The van der Waals surface area contributed by atoms with Crippen LogP contribution in [0.15, 0.2) is 18.2 Å². The second kappa shape index (κ2) is 5.32. The predicted octanol–water partition coefficient (Wildman–Crippen LogP) is 4.16. The molecule has 22 heavy (non-hydrogen) atoms. The topological polar surface area (TPSA) is 34.1 Å². The summed E-state index contributed by atoms with van der Waals surface area (Å²) in [6.45, 7) is 0. The molecule has 1 rings (SSSR count). The Kier molecular flexibility index (Phi) is 4.49. The zero-order chi connectivity index (χ0) is 17.6. The van der Waals surface area contributed by atoms with Gasteiger partial charge in [0.05, 0.1) is 16.9 Å². The molecule has 0 saturated heterocycles. The van der Waals surface area contributed by atoms with Crippen molar-refractivity contribution in [1.82, 2.24) is 0 Å². The Morgan fingerprint density at radius 1 is 0.727 bits per heavy atom. The van der Waals surface area contributed by atoms with Crippen molar-refractivity contribution in [1.29, 1.82) is 0 Å². The minimum atomic E-state index is -5.91. The number of rotatable bonds is 2. The average molecular weight is 360 g/mol. The van der Waals surface area contributed by atoms with Gasteiger partial charge in [-0.25, -0.2) is 8.42 Å². The highest BCUT2D eigenvalue weighted by Gasteiger charge is 2.46. The van der Waals surface area contributed by atoms with Gasteiger partial charge in [0.15, 0.2) is 0 Å². The Morgan fingerprint density at radius 3 is 1.36 bits per heavy atom. The maximum Gasteiger partial charge on any atom is 0.497 e. The van der Waals surface area contributed by atoms with Gasteiger partial charge in [-0.2, -0.15) is 39.5 Å². The Bertz CT molecular complexity index is 620. The summed E-state index contributed by atoms with van der Waals surface area (Å²) in [5.74, 6) is -2.02. The average Bonchev–Trinajstić information content (AvgIpc) is 2.23. The van der Waals surface area contributed by atoms with E-state index in [4.69, 9.17) is 0 Å². The molecule has 12 heteroatoms. The number of sulfone groups is 1. The molecule has 2 nitrogen and oxygen atoms in total. The van der Waals surface area contributed by atoms with Gasteiger partial charge in [0, 0.05) is 0 Å². The van der Waals surface area contributed by atoms with Gasteiger partial charge in [-0.1, -0.05) is 0 Å². The highest BCUT2D eigenvalue weighted by atomic mass is 32.2. The van der Waals surface area contributed by atoms with E-state index in [0.29, 0.717) is 0 Å². The molecule has 0 aromatic heterocycles. The molecule has 1 aromatic rings. The fraction of sp³-hybridized carbons (Fsp3) is 0.400. The number of halogens is 9. The summed E-state index contributed by atoms with van der Waals surface area (Å²) >= 11 is 0. The minimum Gasteiger partial charge on any atom is -0.219 e. The molecule has 0 atom stereocenters. The molecule has 0 aliphatic heterocycles. The van der Waals surface area contributed by atoms with E-state index in [-0.39, 0.29) is 18.2 Å². The Labute approximate surface area is 117 Å². The highest BCUT2D eigenvalue weighted by Crippen LogP contribution is 2.37. The third-order valence-corrected chi connectivity index (χ3v) is 3.78. The summed E-state index contributed by atoms with van der Waals surface area (Å²) in [4.78, 5) is 0. The van der Waals surface area contributed by atoms with Crippen molar-refractivity contribution in [3.8, 4) is 0 Å². The molecule has 1 aromatic carbocycles. The maximum atomic E-state index is 12.5. The molecular formula is C10H5F9O2S. The Balaban J connectivity index is 3.44. The van der Waals surface area contributed by atoms with Crippen LogP contribution in [0.4, 0.5) is 39.5 Å². The van der Waals surface area contributed by atoms with Crippen molar-refractivity contribution in [2.24, 2.45) is 0 Å². The van der Waals surface area contributed by atoms with Crippen molar-refractivity contribution in [2.45, 2.75) is 23.6 Å². The summed E-state index contributed by atoms with van der Waals surface area (Å²) in [6, 6.07) is -0.458. The largest absolute Gasteiger partial charge is 0.497 e. The van der Waals surface area contributed by atoms with E-state index in [1.165, 1.54) is 0 Å². The predicted molar refractivity (Wildman–Crippen MR) is 55.1 cm³/mol. The third-order valence-electron chi connectivity index (χ3n) is 2.36. The number of hydrogen-bond acceptors (Lipinski definition) is 2. The van der Waals surface area contributed by atoms with Crippen molar-refractivity contribution in [3.63, 3.8) is 0 Å². The third kappa shape index (κ3) is 4.27. The van der Waals surface area contributed by atoms with E-state index in [0.717, 1.165) is 0 Å². The Hall–Kier alpha value is -1.46. The van der Waals surface area contributed by atoms with E-state index in [9.17, 15) is 47.9 Å². The van der Waals surface area contributed by atoms with Crippen LogP contribution in [0.3, 0.4) is 0 Å². The smallest absolute Gasteiger partial charge is 0.219 e. The summed E-state index contributed by atoms with van der Waals surface area (Å²) in [5, 5.41) is 0. The molecule has 0 fully saturated rings. The van der Waals surface area contributed by atoms with E-state index >= 15 is 0 Å². The number of benzene rings is 1. The molecule has 126 valence electrons. The first kappa shape index (κ1) is 18.6. The highest BCUT2D eigenvalue weighted by molar-refractivity contribution is 7.91. The first-order valence-corrected chi connectivity index (χ1v) is 6.76. The second-order valence-corrected chi connectivity index (χ2v) is 6.10. The van der Waals surface area contributed by atoms with E-state index in [1.807, 2.05) is 0 Å². The zero-order valence-electron chi connectivity index (χ0n) is 10.1. The van der Waals surface area contributed by atoms with Crippen molar-refractivity contribution >= 4 is 9.84 Å². The molecule has 0 N–H and O–H groups in total. The minimum absolute atomic E-state index is 0.0709. The number of hydrogen-bond donors (Lipinski definition) is 0. The van der Waals surface area contributed by atoms with Crippen LogP contribution in [0.2, 0.25) is 0 Å². The zero-order valence-corrected chi connectivity index (χ0v) is 10.9. The SMILES string of the molecule is O=S(=O)(Cc1cc(C(F)(F)F)cc(C(F)(F)F)c1)C(F)(F)F. The molecule has 0 aliphatic carbocycles. The lowest BCUT2D eigenvalue weighted by molar-refractivity contribution is -0.143. The van der Waals surface area contributed by atoms with Gasteiger partial charge < -0.3 is 0 Å². The second-order valence-electron chi connectivity index (χ2n) is 4.12. The fourth-order valence-corrected chi connectivity index (χ4v) is 2.17. The van der Waals surface area contributed by atoms with Gasteiger partial charge in [-0.3, -0.25) is 0 Å². The fourth-order valence-electron chi connectivity index (χ4n) is 1.40. The van der Waals surface area contributed by atoms with E-state index in [1.54, 1.807) is 0 Å². The monoisotopic (exact) mass is 360 g/mol. The van der Waals surface area contributed by atoms with Crippen molar-refractivity contribution in [2.75, 3.05) is 0 Å². The van der Waals surface area contributed by atoms with Crippen LogP contribution in [-0.2, 0) is 27.9 Å². The van der Waals surface area contributed by atoms with Gasteiger partial charge in [0.1, 0.15) is 0 Å². The van der Waals surface area contributed by atoms with Crippen molar-refractivity contribution < 1.29 is 47.9 Å². The maximum absolute atomic E-state index is 12.5. The van der Waals surface area contributed by atoms with Crippen LogP contribution in [0.25, 0.3) is 0 Å². The standard InChI is InChI=1S/C10H5F9O2S/c11-8(12,13)6-1-5(2-7(3-6)9(14,15)16)4-22(20,21)10(17,18)19/h1-3H,4H2. The molecule has 0 amide bonds. The van der Waals surface area contributed by atoms with Crippen LogP contribution < -0.4 is 0 Å². The Morgan fingerprint density at radius 2 is 1.09 bits per heavy atom. The quantitative estimate of drug-likeness (QED) is 0.743. The van der Waals surface area contributed by atoms with Gasteiger partial charge in [0.25, 0.3) is 9.84 Å². The lowest BCUT2D eigenvalue weighted by atomic mass is 10.1. The van der Waals surface area contributed by atoms with Crippen LogP contribution in [-0.4, -0.2) is 13.9 Å². The first-order valence-electron chi connectivity index (χ1n) is 5.11. The molecule has 0 spiro atoms. The molecule has 0 bridgehead atoms. The van der Waals surface area contributed by atoms with Gasteiger partial charge in [-0.05, 0) is 23.8 Å². The molecule has 0 heterocycles. The first-order chi connectivity index (χ1) is 9.54. The molecular weight excluding hydrogens is 355 g/mol. The van der Waals surface area contributed by atoms with Crippen LogP contribution >= 0.6 is 0 Å². The van der Waals surface area contributed by atoms with Crippen molar-refractivity contribution in [3.05, 3.63) is 34.9 Å². The molecule has 0 unspecified atom stereocenters. The van der Waals surface area contributed by atoms with Gasteiger partial charge in [0.2, 0.25) is 0 Å². The molecule has 0 aliphatic rings. The summed E-state index contributed by atoms with van der Waals surface area (Å²) in [6.07, 6.45) is -10.6. The lowest BCUT2D eigenvalue weighted by Crippen LogP contribution is -2.25. The summed E-state index contributed by atoms with van der Waals surface area (Å²) < 4.78 is 133. The number of alkyl halides is 9. The molecule has 0 radical (unpaired) electrons. The van der Waals surface area contributed by atoms with Crippen LogP contribution in [0, 0.1) is 0 Å². The van der Waals surface area contributed by atoms with Crippen LogP contribution in [0.5, 0.6) is 0 Å². The summed E-state index contributed by atoms with van der Waals surface area (Å²) in [7, 11) is -5.91. The van der Waals surface area contributed by atoms with E-state index in [2.05, 4.69) is 0 Å².